The molecular weight excluding hydrogens is 223 g/mol. The first-order valence-electron chi connectivity index (χ1n) is 6.52. The van der Waals surface area contributed by atoms with Crippen molar-refractivity contribution >= 4 is 7.60 Å². The minimum atomic E-state index is -3.31. The van der Waals surface area contributed by atoms with Crippen LogP contribution in [0.25, 0.3) is 0 Å². The van der Waals surface area contributed by atoms with Gasteiger partial charge in [-0.1, -0.05) is 46.5 Å². The summed E-state index contributed by atoms with van der Waals surface area (Å²) >= 11 is 0. The number of hydrogen-bond acceptors (Lipinski definition) is 2. The first-order valence-corrected chi connectivity index (χ1v) is 8.28. The van der Waals surface area contributed by atoms with Gasteiger partial charge >= 0.3 is 7.60 Å². The quantitative estimate of drug-likeness (QED) is 0.591. The lowest BCUT2D eigenvalue weighted by Crippen LogP contribution is -2.08. The van der Waals surface area contributed by atoms with E-state index in [4.69, 9.17) is 4.52 Å². The minimum Gasteiger partial charge on any atom is -0.324 e. The largest absolute Gasteiger partial charge is 0.328 e. The maximum Gasteiger partial charge on any atom is 0.328 e. The van der Waals surface area contributed by atoms with Gasteiger partial charge in [0.1, 0.15) is 0 Å². The third-order valence-electron chi connectivity index (χ3n) is 2.85. The molecule has 0 aromatic rings. The van der Waals surface area contributed by atoms with E-state index < -0.39 is 7.60 Å². The molecule has 98 valence electrons. The molecule has 0 saturated heterocycles. The molecule has 0 aliphatic carbocycles. The zero-order valence-electron chi connectivity index (χ0n) is 10.9. The lowest BCUT2D eigenvalue weighted by Gasteiger charge is -2.17. The molecule has 4 heteroatoms. The van der Waals surface area contributed by atoms with Crippen LogP contribution in [0.2, 0.25) is 0 Å². The summed E-state index contributed by atoms with van der Waals surface area (Å²) in [4.78, 5) is 9.55. The van der Waals surface area contributed by atoms with Crippen LogP contribution in [0.3, 0.4) is 0 Å². The third kappa shape index (κ3) is 8.32. The summed E-state index contributed by atoms with van der Waals surface area (Å²) in [7, 11) is -3.31. The van der Waals surface area contributed by atoms with Crippen molar-refractivity contribution < 1.29 is 14.0 Å². The Bertz CT molecular complexity index is 206. The van der Waals surface area contributed by atoms with Crippen molar-refractivity contribution in [3.63, 3.8) is 0 Å². The molecule has 0 saturated carbocycles. The summed E-state index contributed by atoms with van der Waals surface area (Å²) in [5, 5.41) is 0. The van der Waals surface area contributed by atoms with Gasteiger partial charge in [-0.2, -0.15) is 0 Å². The Balaban J connectivity index is 3.85. The van der Waals surface area contributed by atoms with Crippen LogP contribution in [-0.4, -0.2) is 17.7 Å². The smallest absolute Gasteiger partial charge is 0.324 e. The van der Waals surface area contributed by atoms with E-state index >= 15 is 0 Å². The molecular formula is C12H27O3P. The lowest BCUT2D eigenvalue weighted by atomic mass is 10.0. The van der Waals surface area contributed by atoms with E-state index in [1.165, 1.54) is 12.8 Å². The Labute approximate surface area is 100 Å². The topological polar surface area (TPSA) is 46.5 Å². The van der Waals surface area contributed by atoms with Gasteiger partial charge in [0, 0.05) is 6.16 Å². The predicted octanol–water partition coefficient (Wildman–Crippen LogP) is 4.20. The molecule has 0 radical (unpaired) electrons. The Morgan fingerprint density at radius 1 is 1.19 bits per heavy atom. The van der Waals surface area contributed by atoms with Crippen molar-refractivity contribution in [3.05, 3.63) is 0 Å². The van der Waals surface area contributed by atoms with E-state index in [0.29, 0.717) is 18.7 Å². The Morgan fingerprint density at radius 2 is 1.81 bits per heavy atom. The number of unbranched alkanes of at least 4 members (excludes halogenated alkanes) is 2. The van der Waals surface area contributed by atoms with Gasteiger partial charge < -0.3 is 9.42 Å². The maximum absolute atomic E-state index is 11.6. The van der Waals surface area contributed by atoms with Crippen molar-refractivity contribution in [2.45, 2.75) is 59.3 Å². The van der Waals surface area contributed by atoms with Crippen molar-refractivity contribution in [3.8, 4) is 0 Å². The summed E-state index contributed by atoms with van der Waals surface area (Å²) in [5.41, 5.74) is 0. The molecule has 0 aromatic carbocycles. The van der Waals surface area contributed by atoms with Gasteiger partial charge in [0.25, 0.3) is 0 Å². The molecule has 0 aliphatic heterocycles. The molecule has 0 aliphatic rings. The molecule has 0 heterocycles. The highest BCUT2D eigenvalue weighted by Gasteiger charge is 2.20. The van der Waals surface area contributed by atoms with Crippen molar-refractivity contribution in [1.29, 1.82) is 0 Å². The van der Waals surface area contributed by atoms with E-state index in [-0.39, 0.29) is 0 Å². The fraction of sp³-hybridized carbons (Fsp3) is 1.00. The molecule has 0 spiro atoms. The van der Waals surface area contributed by atoms with Gasteiger partial charge in [-0.25, -0.2) is 0 Å². The van der Waals surface area contributed by atoms with Crippen molar-refractivity contribution in [1.82, 2.24) is 0 Å². The van der Waals surface area contributed by atoms with Gasteiger partial charge in [-0.15, -0.1) is 0 Å². The van der Waals surface area contributed by atoms with Gasteiger partial charge in [-0.05, 0) is 18.8 Å². The second-order valence-electron chi connectivity index (χ2n) is 4.43. The molecule has 0 amide bonds. The predicted molar refractivity (Wildman–Crippen MR) is 68.9 cm³/mol. The minimum absolute atomic E-state index is 0.299. The summed E-state index contributed by atoms with van der Waals surface area (Å²) < 4.78 is 16.8. The van der Waals surface area contributed by atoms with Crippen LogP contribution in [0.4, 0.5) is 0 Å². The van der Waals surface area contributed by atoms with E-state index in [9.17, 15) is 9.46 Å². The first kappa shape index (κ1) is 16.1. The van der Waals surface area contributed by atoms with Crippen LogP contribution in [-0.2, 0) is 9.09 Å². The molecule has 1 N–H and O–H groups in total. The zero-order valence-corrected chi connectivity index (χ0v) is 11.8. The third-order valence-corrected chi connectivity index (χ3v) is 4.28. The average Bonchev–Trinajstić information content (AvgIpc) is 2.27. The first-order chi connectivity index (χ1) is 7.55. The van der Waals surface area contributed by atoms with E-state index in [0.717, 1.165) is 25.7 Å². The van der Waals surface area contributed by atoms with Crippen molar-refractivity contribution in [2.24, 2.45) is 5.92 Å². The molecule has 3 nitrogen and oxygen atoms in total. The SMILES string of the molecule is CCCCC(CC)COP(=O)(O)CCCC. The monoisotopic (exact) mass is 250 g/mol. The van der Waals surface area contributed by atoms with Crippen LogP contribution in [0.1, 0.15) is 59.3 Å². The van der Waals surface area contributed by atoms with Crippen LogP contribution < -0.4 is 0 Å². The van der Waals surface area contributed by atoms with Gasteiger partial charge in [0.2, 0.25) is 0 Å². The molecule has 0 fully saturated rings. The summed E-state index contributed by atoms with van der Waals surface area (Å²) in [6, 6.07) is 0. The highest BCUT2D eigenvalue weighted by atomic mass is 31.2. The van der Waals surface area contributed by atoms with E-state index in [1.807, 2.05) is 6.92 Å². The standard InChI is InChI=1S/C12H27O3P/c1-4-7-9-12(6-3)11-15-16(13,14)10-8-5-2/h12H,4-11H2,1-3H3,(H,13,14). The Morgan fingerprint density at radius 3 is 2.31 bits per heavy atom. The highest BCUT2D eigenvalue weighted by Crippen LogP contribution is 2.43. The van der Waals surface area contributed by atoms with Gasteiger partial charge in [-0.3, -0.25) is 4.57 Å². The second kappa shape index (κ2) is 9.21. The summed E-state index contributed by atoms with van der Waals surface area (Å²) in [5.74, 6) is 0.432. The van der Waals surface area contributed by atoms with Crippen LogP contribution in [0.5, 0.6) is 0 Å². The maximum atomic E-state index is 11.6. The van der Waals surface area contributed by atoms with E-state index in [2.05, 4.69) is 13.8 Å². The average molecular weight is 250 g/mol. The number of rotatable bonds is 10. The summed E-state index contributed by atoms with van der Waals surface area (Å²) in [6.45, 7) is 6.72. The van der Waals surface area contributed by atoms with Gasteiger partial charge in [0.15, 0.2) is 0 Å². The van der Waals surface area contributed by atoms with Crippen molar-refractivity contribution in [2.75, 3.05) is 12.8 Å². The molecule has 0 aromatic heterocycles. The fourth-order valence-corrected chi connectivity index (χ4v) is 2.83. The second-order valence-corrected chi connectivity index (χ2v) is 6.41. The lowest BCUT2D eigenvalue weighted by molar-refractivity contribution is 0.203. The van der Waals surface area contributed by atoms with E-state index in [1.54, 1.807) is 0 Å². The van der Waals surface area contributed by atoms with Crippen LogP contribution in [0, 0.1) is 5.92 Å². The van der Waals surface area contributed by atoms with Crippen LogP contribution >= 0.6 is 7.60 Å². The highest BCUT2D eigenvalue weighted by molar-refractivity contribution is 7.52. The fourth-order valence-electron chi connectivity index (χ4n) is 1.54. The Hall–Kier alpha value is 0.150. The molecule has 16 heavy (non-hydrogen) atoms. The molecule has 0 rings (SSSR count). The molecule has 2 unspecified atom stereocenters. The van der Waals surface area contributed by atoms with Gasteiger partial charge in [0.05, 0.1) is 6.61 Å². The zero-order chi connectivity index (χ0) is 12.4. The summed E-state index contributed by atoms with van der Waals surface area (Å²) in [6.07, 6.45) is 6.46. The molecule has 0 bridgehead atoms. The normalized spacial score (nSPS) is 17.0. The van der Waals surface area contributed by atoms with Crippen LogP contribution in [0.15, 0.2) is 0 Å². The molecule has 2 atom stereocenters. The number of hydrogen-bond donors (Lipinski definition) is 1. The Kier molecular flexibility index (Phi) is 9.29.